The van der Waals surface area contributed by atoms with E-state index >= 15 is 0 Å². The first-order chi connectivity index (χ1) is 6.09. The first-order valence-corrected chi connectivity index (χ1v) is 3.91. The van der Waals surface area contributed by atoms with E-state index in [4.69, 9.17) is 0 Å². The van der Waals surface area contributed by atoms with Crippen LogP contribution in [-0.4, -0.2) is 22.0 Å². The van der Waals surface area contributed by atoms with E-state index in [2.05, 4.69) is 5.10 Å². The highest BCUT2D eigenvalue weighted by Gasteiger charge is 2.05. The SMILES string of the molecule is CC(=O)c1cnn(CCC(F)F)c1. The third-order valence-corrected chi connectivity index (χ3v) is 1.62. The van der Waals surface area contributed by atoms with E-state index in [1.807, 2.05) is 0 Å². The van der Waals surface area contributed by atoms with Gasteiger partial charge in [-0.25, -0.2) is 8.78 Å². The van der Waals surface area contributed by atoms with Crippen molar-refractivity contribution in [3.05, 3.63) is 18.0 Å². The fourth-order valence-electron chi connectivity index (χ4n) is 0.898. The average molecular weight is 188 g/mol. The lowest BCUT2D eigenvalue weighted by Crippen LogP contribution is -2.03. The zero-order valence-corrected chi connectivity index (χ0v) is 7.20. The van der Waals surface area contributed by atoms with Gasteiger partial charge in [0.25, 0.3) is 0 Å². The lowest BCUT2D eigenvalue weighted by Gasteiger charge is -1.98. The van der Waals surface area contributed by atoms with Gasteiger partial charge in [0.05, 0.1) is 11.8 Å². The molecule has 13 heavy (non-hydrogen) atoms. The molecule has 0 unspecified atom stereocenters. The number of rotatable bonds is 4. The largest absolute Gasteiger partial charge is 0.294 e. The molecule has 0 saturated heterocycles. The van der Waals surface area contributed by atoms with Crippen molar-refractivity contribution in [3.8, 4) is 0 Å². The molecule has 3 nitrogen and oxygen atoms in total. The molecule has 1 aromatic heterocycles. The van der Waals surface area contributed by atoms with Crippen molar-refractivity contribution < 1.29 is 13.6 Å². The number of hydrogen-bond donors (Lipinski definition) is 0. The van der Waals surface area contributed by atoms with Gasteiger partial charge in [0.2, 0.25) is 6.43 Å². The van der Waals surface area contributed by atoms with Gasteiger partial charge in [-0.1, -0.05) is 0 Å². The van der Waals surface area contributed by atoms with Crippen LogP contribution in [0.25, 0.3) is 0 Å². The maximum absolute atomic E-state index is 11.8. The van der Waals surface area contributed by atoms with Gasteiger partial charge in [-0.2, -0.15) is 5.10 Å². The van der Waals surface area contributed by atoms with Crippen LogP contribution >= 0.6 is 0 Å². The van der Waals surface area contributed by atoms with Crippen LogP contribution in [0.1, 0.15) is 23.7 Å². The third-order valence-electron chi connectivity index (χ3n) is 1.62. The van der Waals surface area contributed by atoms with Crippen molar-refractivity contribution in [1.82, 2.24) is 9.78 Å². The minimum absolute atomic E-state index is 0.108. The van der Waals surface area contributed by atoms with Crippen LogP contribution in [0.15, 0.2) is 12.4 Å². The van der Waals surface area contributed by atoms with Gasteiger partial charge in [-0.05, 0) is 6.92 Å². The van der Waals surface area contributed by atoms with E-state index in [9.17, 15) is 13.6 Å². The van der Waals surface area contributed by atoms with Gasteiger partial charge in [0.1, 0.15) is 0 Å². The summed E-state index contributed by atoms with van der Waals surface area (Å²) in [6.45, 7) is 1.55. The van der Waals surface area contributed by atoms with Gasteiger partial charge >= 0.3 is 0 Å². The molecule has 72 valence electrons. The Morgan fingerprint density at radius 1 is 1.69 bits per heavy atom. The van der Waals surface area contributed by atoms with Gasteiger partial charge in [-0.3, -0.25) is 9.48 Å². The second-order valence-corrected chi connectivity index (χ2v) is 2.73. The molecule has 0 saturated carbocycles. The maximum Gasteiger partial charge on any atom is 0.240 e. The summed E-state index contributed by atoms with van der Waals surface area (Å²) in [5.74, 6) is -0.108. The molecule has 1 rings (SSSR count). The highest BCUT2D eigenvalue weighted by Crippen LogP contribution is 2.03. The van der Waals surface area contributed by atoms with Crippen LogP contribution in [-0.2, 0) is 6.54 Å². The lowest BCUT2D eigenvalue weighted by molar-refractivity contribution is 0.101. The van der Waals surface area contributed by atoms with E-state index < -0.39 is 6.43 Å². The summed E-state index contributed by atoms with van der Waals surface area (Å²) >= 11 is 0. The van der Waals surface area contributed by atoms with Crippen molar-refractivity contribution in [2.45, 2.75) is 26.3 Å². The van der Waals surface area contributed by atoms with Gasteiger partial charge in [-0.15, -0.1) is 0 Å². The fourth-order valence-corrected chi connectivity index (χ4v) is 0.898. The van der Waals surface area contributed by atoms with Gasteiger partial charge in [0.15, 0.2) is 5.78 Å². The number of aromatic nitrogens is 2. The van der Waals surface area contributed by atoms with E-state index in [1.54, 1.807) is 0 Å². The Kier molecular flexibility index (Phi) is 3.11. The molecule has 0 amide bonds. The molecule has 0 aromatic carbocycles. The van der Waals surface area contributed by atoms with Crippen LogP contribution in [0, 0.1) is 0 Å². The van der Waals surface area contributed by atoms with Crippen LogP contribution in [0.4, 0.5) is 8.78 Å². The third kappa shape index (κ3) is 2.93. The number of ketones is 1. The Hall–Kier alpha value is -1.26. The Morgan fingerprint density at radius 2 is 2.38 bits per heavy atom. The molecule has 0 radical (unpaired) electrons. The molecular formula is C8H10F2N2O. The molecule has 0 aliphatic heterocycles. The standard InChI is InChI=1S/C8H10F2N2O/c1-6(13)7-4-11-12(5-7)3-2-8(9)10/h4-5,8H,2-3H2,1H3. The number of nitrogens with zero attached hydrogens (tertiary/aromatic N) is 2. The summed E-state index contributed by atoms with van der Waals surface area (Å²) in [5.41, 5.74) is 0.453. The number of hydrogen-bond acceptors (Lipinski definition) is 2. The topological polar surface area (TPSA) is 34.9 Å². The van der Waals surface area contributed by atoms with Crippen LogP contribution in [0.5, 0.6) is 0 Å². The zero-order valence-electron chi connectivity index (χ0n) is 7.20. The highest BCUT2D eigenvalue weighted by atomic mass is 19.3. The minimum Gasteiger partial charge on any atom is -0.294 e. The molecule has 0 atom stereocenters. The Morgan fingerprint density at radius 3 is 2.85 bits per heavy atom. The minimum atomic E-state index is -2.33. The van der Waals surface area contributed by atoms with Gasteiger partial charge < -0.3 is 0 Å². The molecule has 1 aromatic rings. The molecule has 0 fully saturated rings. The summed E-state index contributed by atoms with van der Waals surface area (Å²) in [7, 11) is 0. The van der Waals surface area contributed by atoms with Crippen molar-refractivity contribution >= 4 is 5.78 Å². The summed E-state index contributed by atoms with van der Waals surface area (Å²) in [6, 6.07) is 0. The first kappa shape index (κ1) is 9.83. The fraction of sp³-hybridized carbons (Fsp3) is 0.500. The number of carbonyl (C=O) groups is 1. The monoisotopic (exact) mass is 188 g/mol. The summed E-state index contributed by atoms with van der Waals surface area (Å²) in [5, 5.41) is 3.77. The highest BCUT2D eigenvalue weighted by molar-refractivity contribution is 5.93. The average Bonchev–Trinajstić information content (AvgIpc) is 2.48. The summed E-state index contributed by atoms with van der Waals surface area (Å²) < 4.78 is 24.9. The van der Waals surface area contributed by atoms with E-state index in [-0.39, 0.29) is 18.7 Å². The number of Topliss-reactive ketones (excluding diaryl/α,β-unsaturated/α-hetero) is 1. The number of aryl methyl sites for hydroxylation is 1. The Balaban J connectivity index is 2.54. The predicted octanol–water partition coefficient (Wildman–Crippen LogP) is 1.74. The molecule has 0 aliphatic carbocycles. The molecule has 5 heteroatoms. The molecule has 0 bridgehead atoms. The zero-order chi connectivity index (χ0) is 9.84. The Bertz CT molecular complexity index is 296. The summed E-state index contributed by atoms with van der Waals surface area (Å²) in [6.07, 6.45) is 0.294. The number of halogens is 2. The van der Waals surface area contributed by atoms with Crippen LogP contribution < -0.4 is 0 Å². The van der Waals surface area contributed by atoms with Crippen LogP contribution in [0.3, 0.4) is 0 Å². The molecular weight excluding hydrogens is 178 g/mol. The van der Waals surface area contributed by atoms with Crippen molar-refractivity contribution in [2.24, 2.45) is 0 Å². The molecule has 0 aliphatic rings. The summed E-state index contributed by atoms with van der Waals surface area (Å²) in [4.78, 5) is 10.8. The van der Waals surface area contributed by atoms with Crippen LogP contribution in [0.2, 0.25) is 0 Å². The normalized spacial score (nSPS) is 10.8. The van der Waals surface area contributed by atoms with Crippen molar-refractivity contribution in [2.75, 3.05) is 0 Å². The lowest BCUT2D eigenvalue weighted by atomic mass is 10.3. The van der Waals surface area contributed by atoms with Crippen molar-refractivity contribution in [1.29, 1.82) is 0 Å². The van der Waals surface area contributed by atoms with Gasteiger partial charge in [0, 0.05) is 19.2 Å². The maximum atomic E-state index is 11.8. The number of alkyl halides is 2. The van der Waals surface area contributed by atoms with E-state index in [0.717, 1.165) is 0 Å². The molecule has 1 heterocycles. The Labute approximate surface area is 74.4 Å². The predicted molar refractivity (Wildman–Crippen MR) is 42.9 cm³/mol. The van der Waals surface area contributed by atoms with E-state index in [0.29, 0.717) is 5.56 Å². The second kappa shape index (κ2) is 4.11. The number of carbonyl (C=O) groups excluding carboxylic acids is 1. The van der Waals surface area contributed by atoms with Crippen molar-refractivity contribution in [3.63, 3.8) is 0 Å². The molecule has 0 N–H and O–H groups in total. The second-order valence-electron chi connectivity index (χ2n) is 2.73. The first-order valence-electron chi connectivity index (χ1n) is 3.91. The van der Waals surface area contributed by atoms with E-state index in [1.165, 1.54) is 24.0 Å². The molecule has 0 spiro atoms. The quantitative estimate of drug-likeness (QED) is 0.674. The smallest absolute Gasteiger partial charge is 0.240 e.